The molecule has 0 radical (unpaired) electrons. The SMILES string of the molecule is C[C@H]1CCCCN1S(=O)(=O)CC[C@H]1CCNC1. The van der Waals surface area contributed by atoms with Gasteiger partial charge in [0.25, 0.3) is 0 Å². The van der Waals surface area contributed by atoms with Crippen LogP contribution < -0.4 is 5.32 Å². The number of nitrogens with one attached hydrogen (secondary N) is 1. The van der Waals surface area contributed by atoms with Gasteiger partial charge in [-0.3, -0.25) is 0 Å². The van der Waals surface area contributed by atoms with E-state index in [9.17, 15) is 8.42 Å². The first-order valence-corrected chi connectivity index (χ1v) is 8.41. The van der Waals surface area contributed by atoms with Gasteiger partial charge in [-0.15, -0.1) is 0 Å². The van der Waals surface area contributed by atoms with E-state index in [-0.39, 0.29) is 6.04 Å². The van der Waals surface area contributed by atoms with E-state index in [0.29, 0.717) is 11.7 Å². The molecule has 2 aliphatic rings. The first kappa shape index (κ1) is 13.3. The Balaban J connectivity index is 1.88. The zero-order valence-electron chi connectivity index (χ0n) is 10.7. The molecule has 0 spiro atoms. The molecule has 0 amide bonds. The van der Waals surface area contributed by atoms with E-state index in [1.54, 1.807) is 4.31 Å². The summed E-state index contributed by atoms with van der Waals surface area (Å²) in [5, 5.41) is 3.29. The number of hydrogen-bond donors (Lipinski definition) is 1. The van der Waals surface area contributed by atoms with Crippen molar-refractivity contribution in [2.24, 2.45) is 5.92 Å². The number of piperidine rings is 1. The summed E-state index contributed by atoms with van der Waals surface area (Å²) in [7, 11) is -3.01. The zero-order chi connectivity index (χ0) is 12.3. The maximum atomic E-state index is 12.3. The lowest BCUT2D eigenvalue weighted by atomic mass is 10.1. The minimum absolute atomic E-state index is 0.204. The van der Waals surface area contributed by atoms with E-state index in [1.165, 1.54) is 6.42 Å². The van der Waals surface area contributed by atoms with Crippen LogP contribution in [0.5, 0.6) is 0 Å². The molecular formula is C12H24N2O2S. The second-order valence-electron chi connectivity index (χ2n) is 5.42. The standard InChI is InChI=1S/C12H24N2O2S/c1-11-4-2-3-8-14(11)17(15,16)9-6-12-5-7-13-10-12/h11-13H,2-10H2,1H3/t11-,12+/m0/s1. The van der Waals surface area contributed by atoms with Gasteiger partial charge >= 0.3 is 0 Å². The molecule has 0 aromatic rings. The molecule has 0 aromatic carbocycles. The van der Waals surface area contributed by atoms with Gasteiger partial charge < -0.3 is 5.32 Å². The van der Waals surface area contributed by atoms with Crippen LogP contribution in [0, 0.1) is 5.92 Å². The maximum absolute atomic E-state index is 12.3. The molecule has 0 saturated carbocycles. The monoisotopic (exact) mass is 260 g/mol. The highest BCUT2D eigenvalue weighted by atomic mass is 32.2. The number of sulfonamides is 1. The highest BCUT2D eigenvalue weighted by molar-refractivity contribution is 7.89. The lowest BCUT2D eigenvalue weighted by Gasteiger charge is -2.32. The van der Waals surface area contributed by atoms with Crippen LogP contribution in [0.15, 0.2) is 0 Å². The highest BCUT2D eigenvalue weighted by Crippen LogP contribution is 2.22. The molecule has 2 rings (SSSR count). The summed E-state index contributed by atoms with van der Waals surface area (Å²) in [6.45, 7) is 4.80. The molecule has 0 bridgehead atoms. The van der Waals surface area contributed by atoms with Gasteiger partial charge in [-0.1, -0.05) is 6.42 Å². The van der Waals surface area contributed by atoms with Crippen LogP contribution >= 0.6 is 0 Å². The highest BCUT2D eigenvalue weighted by Gasteiger charge is 2.30. The molecule has 2 atom stereocenters. The molecular weight excluding hydrogens is 236 g/mol. The lowest BCUT2D eigenvalue weighted by Crippen LogP contribution is -2.43. The van der Waals surface area contributed by atoms with Crippen molar-refractivity contribution >= 4 is 10.0 Å². The Morgan fingerprint density at radius 2 is 2.12 bits per heavy atom. The fourth-order valence-corrected chi connectivity index (χ4v) is 4.81. The third kappa shape index (κ3) is 3.42. The van der Waals surface area contributed by atoms with Crippen LogP contribution in [0.3, 0.4) is 0 Å². The Hall–Kier alpha value is -0.130. The maximum Gasteiger partial charge on any atom is 0.214 e. The van der Waals surface area contributed by atoms with Crippen LogP contribution in [0.4, 0.5) is 0 Å². The summed E-state index contributed by atoms with van der Waals surface area (Å²) in [4.78, 5) is 0. The van der Waals surface area contributed by atoms with Gasteiger partial charge in [-0.05, 0) is 51.6 Å². The van der Waals surface area contributed by atoms with Gasteiger partial charge in [0.2, 0.25) is 10.0 Å². The van der Waals surface area contributed by atoms with Gasteiger partial charge in [0.05, 0.1) is 5.75 Å². The molecule has 0 aliphatic carbocycles. The molecule has 17 heavy (non-hydrogen) atoms. The Labute approximate surface area is 105 Å². The summed E-state index contributed by atoms with van der Waals surface area (Å²) >= 11 is 0. The van der Waals surface area contributed by atoms with E-state index in [1.807, 2.05) is 6.92 Å². The number of nitrogens with zero attached hydrogens (tertiary/aromatic N) is 1. The molecule has 0 unspecified atom stereocenters. The van der Waals surface area contributed by atoms with Crippen LogP contribution in [0.25, 0.3) is 0 Å². The second kappa shape index (κ2) is 5.67. The van der Waals surface area contributed by atoms with Crippen molar-refractivity contribution in [1.82, 2.24) is 9.62 Å². The van der Waals surface area contributed by atoms with E-state index in [0.717, 1.165) is 45.3 Å². The largest absolute Gasteiger partial charge is 0.316 e. The molecule has 100 valence electrons. The van der Waals surface area contributed by atoms with E-state index < -0.39 is 10.0 Å². The summed E-state index contributed by atoms with van der Waals surface area (Å²) < 4.78 is 26.3. The predicted octanol–water partition coefficient (Wildman–Crippen LogP) is 1.19. The van der Waals surface area contributed by atoms with Crippen molar-refractivity contribution in [3.05, 3.63) is 0 Å². The second-order valence-corrected chi connectivity index (χ2v) is 7.46. The van der Waals surface area contributed by atoms with Gasteiger partial charge in [0.15, 0.2) is 0 Å². The summed E-state index contributed by atoms with van der Waals surface area (Å²) in [6, 6.07) is 0.204. The number of rotatable bonds is 4. The Morgan fingerprint density at radius 1 is 1.29 bits per heavy atom. The molecule has 5 heteroatoms. The molecule has 2 fully saturated rings. The van der Waals surface area contributed by atoms with Crippen molar-refractivity contribution in [1.29, 1.82) is 0 Å². The summed E-state index contributed by atoms with van der Waals surface area (Å²) in [6.07, 6.45) is 5.15. The normalized spacial score (nSPS) is 31.8. The van der Waals surface area contributed by atoms with Crippen LogP contribution in [-0.4, -0.2) is 44.2 Å². The first-order chi connectivity index (χ1) is 8.09. The average molecular weight is 260 g/mol. The van der Waals surface area contributed by atoms with Gasteiger partial charge in [0.1, 0.15) is 0 Å². The third-order valence-corrected chi connectivity index (χ3v) is 6.05. The van der Waals surface area contributed by atoms with Gasteiger partial charge in [-0.25, -0.2) is 8.42 Å². The zero-order valence-corrected chi connectivity index (χ0v) is 11.5. The van der Waals surface area contributed by atoms with Gasteiger partial charge in [-0.2, -0.15) is 4.31 Å². The molecule has 2 saturated heterocycles. The topological polar surface area (TPSA) is 49.4 Å². The van der Waals surface area contributed by atoms with Crippen LogP contribution in [0.2, 0.25) is 0 Å². The van der Waals surface area contributed by atoms with Crippen molar-refractivity contribution in [3.8, 4) is 0 Å². The van der Waals surface area contributed by atoms with Crippen molar-refractivity contribution in [2.75, 3.05) is 25.4 Å². The lowest BCUT2D eigenvalue weighted by molar-refractivity contribution is 0.268. The Bertz CT molecular complexity index is 336. The predicted molar refractivity (Wildman–Crippen MR) is 69.4 cm³/mol. The number of hydrogen-bond acceptors (Lipinski definition) is 3. The molecule has 4 nitrogen and oxygen atoms in total. The molecule has 2 aliphatic heterocycles. The fourth-order valence-electron chi connectivity index (χ4n) is 2.88. The first-order valence-electron chi connectivity index (χ1n) is 6.80. The molecule has 0 aromatic heterocycles. The minimum atomic E-state index is -3.01. The third-order valence-electron chi connectivity index (χ3n) is 4.05. The van der Waals surface area contributed by atoms with Crippen molar-refractivity contribution in [3.63, 3.8) is 0 Å². The molecule has 2 heterocycles. The van der Waals surface area contributed by atoms with E-state index >= 15 is 0 Å². The summed E-state index contributed by atoms with van der Waals surface area (Å²) in [5.41, 5.74) is 0. The Morgan fingerprint density at radius 3 is 2.76 bits per heavy atom. The van der Waals surface area contributed by atoms with Crippen molar-refractivity contribution in [2.45, 2.75) is 45.1 Å². The van der Waals surface area contributed by atoms with E-state index in [4.69, 9.17) is 0 Å². The van der Waals surface area contributed by atoms with Crippen LogP contribution in [0.1, 0.15) is 39.0 Å². The quantitative estimate of drug-likeness (QED) is 0.826. The van der Waals surface area contributed by atoms with Crippen molar-refractivity contribution < 1.29 is 8.42 Å². The summed E-state index contributed by atoms with van der Waals surface area (Å²) in [5.74, 6) is 0.897. The Kier molecular flexibility index (Phi) is 4.44. The average Bonchev–Trinajstić information content (AvgIpc) is 2.80. The minimum Gasteiger partial charge on any atom is -0.316 e. The molecule has 1 N–H and O–H groups in total. The smallest absolute Gasteiger partial charge is 0.214 e. The van der Waals surface area contributed by atoms with E-state index in [2.05, 4.69) is 5.32 Å². The van der Waals surface area contributed by atoms with Crippen LogP contribution in [-0.2, 0) is 10.0 Å². The van der Waals surface area contributed by atoms with Gasteiger partial charge in [0, 0.05) is 12.6 Å². The fraction of sp³-hybridized carbons (Fsp3) is 1.00.